The normalized spacial score (nSPS) is 20.4. The van der Waals surface area contributed by atoms with Gasteiger partial charge in [-0.15, -0.1) is 0 Å². The van der Waals surface area contributed by atoms with Gasteiger partial charge in [0, 0.05) is 18.0 Å². The lowest BCUT2D eigenvalue weighted by atomic mass is 9.83. The van der Waals surface area contributed by atoms with Crippen molar-refractivity contribution >= 4 is 33.6 Å². The van der Waals surface area contributed by atoms with Crippen LogP contribution in [0.5, 0.6) is 0 Å². The summed E-state index contributed by atoms with van der Waals surface area (Å²) in [5, 5.41) is 4.74. The minimum absolute atomic E-state index is 0.203. The van der Waals surface area contributed by atoms with Gasteiger partial charge in [0.05, 0.1) is 34.9 Å². The highest BCUT2D eigenvalue weighted by Crippen LogP contribution is 2.37. The van der Waals surface area contributed by atoms with Gasteiger partial charge >= 0.3 is 5.97 Å². The number of aromatic amines is 2. The summed E-state index contributed by atoms with van der Waals surface area (Å²) in [5.41, 5.74) is 5.81. The van der Waals surface area contributed by atoms with Crippen LogP contribution < -0.4 is 10.9 Å². The largest absolute Gasteiger partial charge is 0.465 e. The number of methoxy groups -OCH3 is 1. The first kappa shape index (κ1) is 23.7. The van der Waals surface area contributed by atoms with Crippen molar-refractivity contribution in [3.05, 3.63) is 82.6 Å². The van der Waals surface area contributed by atoms with E-state index in [9.17, 15) is 9.59 Å². The quantitative estimate of drug-likeness (QED) is 0.282. The number of aromatic nitrogens is 3. The number of hydrogen-bond acceptors (Lipinski definition) is 6. The van der Waals surface area contributed by atoms with Crippen LogP contribution in [0.15, 0.2) is 71.5 Å². The van der Waals surface area contributed by atoms with Crippen molar-refractivity contribution in [3.8, 4) is 22.5 Å². The zero-order valence-corrected chi connectivity index (χ0v) is 21.7. The Balaban J connectivity index is 1.38. The van der Waals surface area contributed by atoms with Crippen molar-refractivity contribution in [3.63, 3.8) is 0 Å². The Morgan fingerprint density at radius 2 is 1.79 bits per heavy atom. The number of fused-ring (bicyclic) bond motifs is 5. The van der Waals surface area contributed by atoms with Gasteiger partial charge in [-0.3, -0.25) is 4.79 Å². The lowest BCUT2D eigenvalue weighted by Crippen LogP contribution is -2.53. The van der Waals surface area contributed by atoms with E-state index in [0.29, 0.717) is 22.9 Å². The fourth-order valence-electron chi connectivity index (χ4n) is 6.18. The highest BCUT2D eigenvalue weighted by molar-refractivity contribution is 6.01. The molecular weight excluding hydrogens is 490 g/mol. The number of carbonyl (C=O) groups excluding carboxylic acids is 1. The van der Waals surface area contributed by atoms with E-state index < -0.39 is 0 Å². The number of piperidine rings is 3. The van der Waals surface area contributed by atoms with Crippen LogP contribution in [0.2, 0.25) is 0 Å². The molecule has 0 radical (unpaired) electrons. The number of hydrogen-bond donors (Lipinski definition) is 3. The predicted octanol–water partition coefficient (Wildman–Crippen LogP) is 5.03. The van der Waals surface area contributed by atoms with Crippen molar-refractivity contribution in [2.45, 2.75) is 18.9 Å². The average molecular weight is 520 g/mol. The highest BCUT2D eigenvalue weighted by atomic mass is 16.5. The Morgan fingerprint density at radius 3 is 2.56 bits per heavy atom. The zero-order valence-electron chi connectivity index (χ0n) is 21.7. The molecule has 0 saturated carbocycles. The molecule has 3 N–H and O–H groups in total. The summed E-state index contributed by atoms with van der Waals surface area (Å²) >= 11 is 0. The first-order valence-corrected chi connectivity index (χ1v) is 13.4. The van der Waals surface area contributed by atoms with Crippen LogP contribution in [-0.4, -0.2) is 58.6 Å². The maximum absolute atomic E-state index is 13.7. The molecule has 8 rings (SSSR count). The van der Waals surface area contributed by atoms with E-state index in [1.54, 1.807) is 12.1 Å². The molecule has 0 unspecified atom stereocenters. The van der Waals surface area contributed by atoms with Gasteiger partial charge in [0.15, 0.2) is 0 Å². The van der Waals surface area contributed by atoms with Crippen LogP contribution in [0, 0.1) is 5.92 Å². The van der Waals surface area contributed by atoms with Crippen LogP contribution in [0.4, 0.5) is 5.69 Å². The number of imidazole rings is 1. The molecule has 2 bridgehead atoms. The molecule has 3 saturated heterocycles. The predicted molar refractivity (Wildman–Crippen MR) is 153 cm³/mol. The maximum atomic E-state index is 13.7. The number of pyridine rings is 1. The molecule has 3 fully saturated rings. The third kappa shape index (κ3) is 4.17. The Labute approximate surface area is 225 Å². The molecule has 8 heteroatoms. The molecule has 196 valence electrons. The number of para-hydroxylation sites is 2. The number of ether oxygens (including phenoxy) is 1. The van der Waals surface area contributed by atoms with Gasteiger partial charge in [-0.25, -0.2) is 9.78 Å². The third-order valence-electron chi connectivity index (χ3n) is 8.24. The maximum Gasteiger partial charge on any atom is 0.337 e. The molecule has 3 aliphatic rings. The van der Waals surface area contributed by atoms with Crippen molar-refractivity contribution in [1.29, 1.82) is 0 Å². The van der Waals surface area contributed by atoms with Crippen molar-refractivity contribution in [2.24, 2.45) is 5.92 Å². The molecule has 39 heavy (non-hydrogen) atoms. The Bertz CT molecular complexity index is 1750. The Kier molecular flexibility index (Phi) is 5.70. The molecule has 0 aliphatic carbocycles. The minimum Gasteiger partial charge on any atom is -0.465 e. The Hall–Kier alpha value is -4.43. The minimum atomic E-state index is -0.384. The molecule has 3 aliphatic heterocycles. The van der Waals surface area contributed by atoms with E-state index in [4.69, 9.17) is 9.72 Å². The van der Waals surface area contributed by atoms with E-state index in [-0.39, 0.29) is 17.6 Å². The number of anilines is 1. The van der Waals surface area contributed by atoms with Gasteiger partial charge in [-0.05, 0) is 73.3 Å². The zero-order chi connectivity index (χ0) is 26.5. The summed E-state index contributed by atoms with van der Waals surface area (Å²) in [7, 11) is 1.37. The first-order chi connectivity index (χ1) is 19.1. The van der Waals surface area contributed by atoms with E-state index in [0.717, 1.165) is 58.4 Å². The monoisotopic (exact) mass is 519 g/mol. The number of nitrogens with zero attached hydrogens (tertiary/aromatic N) is 2. The number of esters is 1. The van der Waals surface area contributed by atoms with E-state index in [1.807, 2.05) is 54.6 Å². The summed E-state index contributed by atoms with van der Waals surface area (Å²) in [6.07, 6.45) is 2.33. The van der Waals surface area contributed by atoms with Gasteiger partial charge in [0.2, 0.25) is 0 Å². The van der Waals surface area contributed by atoms with Gasteiger partial charge in [-0.1, -0.05) is 36.4 Å². The van der Waals surface area contributed by atoms with Gasteiger partial charge in [0.1, 0.15) is 11.4 Å². The molecular formula is C31H29N5O3. The van der Waals surface area contributed by atoms with Crippen LogP contribution in [0.1, 0.15) is 23.2 Å². The number of H-pyrrole nitrogens is 2. The average Bonchev–Trinajstić information content (AvgIpc) is 3.41. The standard InChI is InChI=1S/C31H29N5O3/c1-39-31(38)21-6-4-5-19(15-21)20-9-10-22-25(16-20)35-30(37)27(29-33-23-7-2-3-8-24(23)34-29)28(22)32-26-17-36-13-11-18(26)12-14-36/h2-10,15-16,18,26H,11-14,17H2,1H3,(H,33,34)(H2,32,35,37)/t26-/m1/s1. The molecule has 0 amide bonds. The van der Waals surface area contributed by atoms with E-state index >= 15 is 0 Å². The van der Waals surface area contributed by atoms with Crippen molar-refractivity contribution in [1.82, 2.24) is 19.9 Å². The number of carbonyl (C=O) groups is 1. The Morgan fingerprint density at radius 1 is 0.974 bits per heavy atom. The molecule has 2 aromatic heterocycles. The fraction of sp³-hybridized carbons (Fsp3) is 0.258. The van der Waals surface area contributed by atoms with Crippen LogP contribution in [0.25, 0.3) is 44.5 Å². The van der Waals surface area contributed by atoms with Crippen molar-refractivity contribution < 1.29 is 9.53 Å². The first-order valence-electron chi connectivity index (χ1n) is 13.4. The molecule has 8 nitrogen and oxygen atoms in total. The lowest BCUT2D eigenvalue weighted by Gasteiger charge is -2.45. The second-order valence-corrected chi connectivity index (χ2v) is 10.5. The van der Waals surface area contributed by atoms with Crippen molar-refractivity contribution in [2.75, 3.05) is 32.1 Å². The molecule has 5 aromatic rings. The summed E-state index contributed by atoms with van der Waals surface area (Å²) in [6, 6.07) is 21.4. The highest BCUT2D eigenvalue weighted by Gasteiger charge is 2.35. The summed E-state index contributed by atoms with van der Waals surface area (Å²) in [4.78, 5) is 39.6. The SMILES string of the molecule is COC(=O)c1cccc(-c2ccc3c(N[C@@H]4CN5CCC4CC5)c(-c4nc5ccccc5[nH]4)c(=O)[nH]c3c2)c1. The van der Waals surface area contributed by atoms with Gasteiger partial charge in [0.25, 0.3) is 5.56 Å². The number of benzene rings is 3. The van der Waals surface area contributed by atoms with E-state index in [1.165, 1.54) is 20.0 Å². The topological polar surface area (TPSA) is 103 Å². The molecule has 5 heterocycles. The molecule has 0 spiro atoms. The smallest absolute Gasteiger partial charge is 0.337 e. The molecule has 3 aromatic carbocycles. The number of nitrogens with one attached hydrogen (secondary N) is 3. The lowest BCUT2D eigenvalue weighted by molar-refractivity contribution is 0.0601. The van der Waals surface area contributed by atoms with Crippen LogP contribution in [-0.2, 0) is 4.74 Å². The van der Waals surface area contributed by atoms with E-state index in [2.05, 4.69) is 20.2 Å². The summed E-state index contributed by atoms with van der Waals surface area (Å²) < 4.78 is 4.89. The molecule has 1 atom stereocenters. The van der Waals surface area contributed by atoms with Crippen LogP contribution in [0.3, 0.4) is 0 Å². The second kappa shape index (κ2) is 9.39. The third-order valence-corrected chi connectivity index (χ3v) is 8.24. The summed E-state index contributed by atoms with van der Waals surface area (Å²) in [5.74, 6) is 0.747. The number of rotatable bonds is 5. The second-order valence-electron chi connectivity index (χ2n) is 10.5. The van der Waals surface area contributed by atoms with Gasteiger partial charge < -0.3 is 24.9 Å². The van der Waals surface area contributed by atoms with Crippen LogP contribution >= 0.6 is 0 Å². The fourth-order valence-corrected chi connectivity index (χ4v) is 6.18. The van der Waals surface area contributed by atoms with Gasteiger partial charge in [-0.2, -0.15) is 0 Å². The summed E-state index contributed by atoms with van der Waals surface area (Å²) in [6.45, 7) is 3.25.